The fourth-order valence-electron chi connectivity index (χ4n) is 2.79. The third-order valence-electron chi connectivity index (χ3n) is 4.07. The van der Waals surface area contributed by atoms with Crippen molar-refractivity contribution in [3.63, 3.8) is 0 Å². The van der Waals surface area contributed by atoms with Crippen molar-refractivity contribution in [3.8, 4) is 0 Å². The maximum Gasteiger partial charge on any atom is 0.228 e. The van der Waals surface area contributed by atoms with Crippen molar-refractivity contribution in [1.29, 1.82) is 0 Å². The maximum atomic E-state index is 13.3. The molecule has 1 aliphatic carbocycles. The Morgan fingerprint density at radius 2 is 1.96 bits per heavy atom. The molecule has 0 saturated heterocycles. The SMILES string of the molecule is CNCc1cccc(NC(=O)C2CC2c2ccc(F)c(F)c2)c1.Cl. The van der Waals surface area contributed by atoms with E-state index in [-0.39, 0.29) is 30.2 Å². The van der Waals surface area contributed by atoms with Gasteiger partial charge in [0.15, 0.2) is 11.6 Å². The minimum absolute atomic E-state index is 0. The molecule has 1 saturated carbocycles. The van der Waals surface area contributed by atoms with Crippen LogP contribution in [-0.2, 0) is 11.3 Å². The zero-order valence-corrected chi connectivity index (χ0v) is 14.0. The normalized spacial score (nSPS) is 18.6. The molecule has 6 heteroatoms. The molecule has 2 N–H and O–H groups in total. The fraction of sp³-hybridized carbons (Fsp3) is 0.278. The number of carbonyl (C=O) groups is 1. The quantitative estimate of drug-likeness (QED) is 0.858. The van der Waals surface area contributed by atoms with Crippen molar-refractivity contribution in [2.45, 2.75) is 18.9 Å². The molecule has 2 aromatic carbocycles. The van der Waals surface area contributed by atoms with Crippen LogP contribution in [0.5, 0.6) is 0 Å². The van der Waals surface area contributed by atoms with E-state index in [1.54, 1.807) is 6.07 Å². The number of hydrogen-bond acceptors (Lipinski definition) is 2. The van der Waals surface area contributed by atoms with Crippen LogP contribution in [0.2, 0.25) is 0 Å². The van der Waals surface area contributed by atoms with Gasteiger partial charge < -0.3 is 10.6 Å². The molecule has 2 aromatic rings. The first-order valence-corrected chi connectivity index (χ1v) is 7.58. The summed E-state index contributed by atoms with van der Waals surface area (Å²) in [6, 6.07) is 11.5. The molecule has 0 aliphatic heterocycles. The number of rotatable bonds is 5. The van der Waals surface area contributed by atoms with Crippen LogP contribution in [0.1, 0.15) is 23.5 Å². The van der Waals surface area contributed by atoms with Crippen molar-refractivity contribution in [2.24, 2.45) is 5.92 Å². The van der Waals surface area contributed by atoms with Crippen LogP contribution in [-0.4, -0.2) is 13.0 Å². The molecule has 0 aromatic heterocycles. The summed E-state index contributed by atoms with van der Waals surface area (Å²) in [5.74, 6) is -2.04. The topological polar surface area (TPSA) is 41.1 Å². The van der Waals surface area contributed by atoms with E-state index in [0.717, 1.165) is 23.9 Å². The number of amides is 1. The van der Waals surface area contributed by atoms with Gasteiger partial charge in [-0.3, -0.25) is 4.79 Å². The summed E-state index contributed by atoms with van der Waals surface area (Å²) in [4.78, 5) is 12.3. The van der Waals surface area contributed by atoms with Crippen molar-refractivity contribution in [3.05, 3.63) is 65.2 Å². The summed E-state index contributed by atoms with van der Waals surface area (Å²) in [7, 11) is 1.86. The van der Waals surface area contributed by atoms with Gasteiger partial charge >= 0.3 is 0 Å². The van der Waals surface area contributed by atoms with Gasteiger partial charge in [0.25, 0.3) is 0 Å². The monoisotopic (exact) mass is 352 g/mol. The van der Waals surface area contributed by atoms with E-state index in [2.05, 4.69) is 10.6 Å². The first kappa shape index (κ1) is 18.4. The Kier molecular flexibility index (Phi) is 5.91. The van der Waals surface area contributed by atoms with Crippen LogP contribution >= 0.6 is 12.4 Å². The number of halogens is 3. The first-order chi connectivity index (χ1) is 11.1. The lowest BCUT2D eigenvalue weighted by Crippen LogP contribution is -2.15. The van der Waals surface area contributed by atoms with Crippen LogP contribution in [0.3, 0.4) is 0 Å². The Balaban J connectivity index is 0.00000208. The van der Waals surface area contributed by atoms with E-state index < -0.39 is 11.6 Å². The molecule has 3 rings (SSSR count). The van der Waals surface area contributed by atoms with Gasteiger partial charge in [-0.1, -0.05) is 18.2 Å². The van der Waals surface area contributed by atoms with E-state index in [1.807, 2.05) is 31.3 Å². The Hall–Kier alpha value is -1.98. The van der Waals surface area contributed by atoms with Gasteiger partial charge in [-0.15, -0.1) is 12.4 Å². The molecule has 0 bridgehead atoms. The molecule has 0 spiro atoms. The van der Waals surface area contributed by atoms with Crippen molar-refractivity contribution in [1.82, 2.24) is 5.32 Å². The summed E-state index contributed by atoms with van der Waals surface area (Å²) >= 11 is 0. The molecular weight excluding hydrogens is 334 g/mol. The standard InChI is InChI=1S/C18H18F2N2O.ClH/c1-21-10-11-3-2-4-13(7-11)22-18(23)15-9-14(15)12-5-6-16(19)17(20)8-12;/h2-8,14-15,21H,9-10H2,1H3,(H,22,23);1H. The number of nitrogens with one attached hydrogen (secondary N) is 2. The van der Waals surface area contributed by atoms with E-state index in [0.29, 0.717) is 12.0 Å². The number of hydrogen-bond donors (Lipinski definition) is 2. The molecule has 0 heterocycles. The van der Waals surface area contributed by atoms with E-state index in [4.69, 9.17) is 0 Å². The van der Waals surface area contributed by atoms with Crippen LogP contribution < -0.4 is 10.6 Å². The lowest BCUT2D eigenvalue weighted by molar-refractivity contribution is -0.117. The lowest BCUT2D eigenvalue weighted by atomic mass is 10.1. The average Bonchev–Trinajstić information content (AvgIpc) is 3.31. The van der Waals surface area contributed by atoms with Gasteiger partial charge in [0.05, 0.1) is 0 Å². The van der Waals surface area contributed by atoms with Crippen LogP contribution in [0, 0.1) is 17.6 Å². The van der Waals surface area contributed by atoms with Crippen molar-refractivity contribution in [2.75, 3.05) is 12.4 Å². The van der Waals surface area contributed by atoms with Gasteiger partial charge in [0.1, 0.15) is 0 Å². The molecule has 2 atom stereocenters. The first-order valence-electron chi connectivity index (χ1n) is 7.58. The van der Waals surface area contributed by atoms with E-state index in [9.17, 15) is 13.6 Å². The molecule has 0 radical (unpaired) electrons. The number of carbonyl (C=O) groups excluding carboxylic acids is 1. The smallest absolute Gasteiger partial charge is 0.228 e. The number of anilines is 1. The van der Waals surface area contributed by atoms with Crippen LogP contribution in [0.25, 0.3) is 0 Å². The minimum Gasteiger partial charge on any atom is -0.326 e. The van der Waals surface area contributed by atoms with Gasteiger partial charge in [0, 0.05) is 18.2 Å². The zero-order valence-electron chi connectivity index (χ0n) is 13.2. The molecular formula is C18H19ClF2N2O. The molecule has 1 aliphatic rings. The highest BCUT2D eigenvalue weighted by Gasteiger charge is 2.44. The second kappa shape index (κ2) is 7.73. The summed E-state index contributed by atoms with van der Waals surface area (Å²) in [6.45, 7) is 0.727. The molecule has 1 amide bonds. The van der Waals surface area contributed by atoms with Crippen LogP contribution in [0.15, 0.2) is 42.5 Å². The highest BCUT2D eigenvalue weighted by Crippen LogP contribution is 2.48. The molecule has 128 valence electrons. The van der Waals surface area contributed by atoms with E-state index >= 15 is 0 Å². The average molecular weight is 353 g/mol. The number of benzene rings is 2. The Morgan fingerprint density at radius 1 is 1.17 bits per heavy atom. The summed E-state index contributed by atoms with van der Waals surface area (Å²) < 4.78 is 26.2. The van der Waals surface area contributed by atoms with Crippen molar-refractivity contribution < 1.29 is 13.6 Å². The molecule has 3 nitrogen and oxygen atoms in total. The maximum absolute atomic E-state index is 13.3. The fourth-order valence-corrected chi connectivity index (χ4v) is 2.79. The Bertz CT molecular complexity index is 739. The van der Waals surface area contributed by atoms with Gasteiger partial charge in [-0.2, -0.15) is 0 Å². The Labute approximate surface area is 145 Å². The molecule has 24 heavy (non-hydrogen) atoms. The second-order valence-corrected chi connectivity index (χ2v) is 5.84. The van der Waals surface area contributed by atoms with E-state index in [1.165, 1.54) is 6.07 Å². The predicted molar refractivity (Wildman–Crippen MR) is 92.3 cm³/mol. The minimum atomic E-state index is -0.867. The lowest BCUT2D eigenvalue weighted by Gasteiger charge is -2.07. The summed E-state index contributed by atoms with van der Waals surface area (Å²) in [6.07, 6.45) is 0.660. The van der Waals surface area contributed by atoms with Crippen molar-refractivity contribution >= 4 is 24.0 Å². The predicted octanol–water partition coefficient (Wildman–Crippen LogP) is 3.85. The van der Waals surface area contributed by atoms with Gasteiger partial charge in [0.2, 0.25) is 5.91 Å². The second-order valence-electron chi connectivity index (χ2n) is 5.84. The summed E-state index contributed by atoms with van der Waals surface area (Å²) in [5, 5.41) is 5.95. The summed E-state index contributed by atoms with van der Waals surface area (Å²) in [5.41, 5.74) is 2.50. The largest absolute Gasteiger partial charge is 0.326 e. The molecule has 1 fully saturated rings. The van der Waals surface area contributed by atoms with Crippen LogP contribution in [0.4, 0.5) is 14.5 Å². The molecule has 2 unspecified atom stereocenters. The third-order valence-corrected chi connectivity index (χ3v) is 4.07. The zero-order chi connectivity index (χ0) is 16.4. The van der Waals surface area contributed by atoms with Gasteiger partial charge in [-0.25, -0.2) is 8.78 Å². The van der Waals surface area contributed by atoms with Gasteiger partial charge in [-0.05, 0) is 54.8 Å². The Morgan fingerprint density at radius 3 is 2.67 bits per heavy atom. The highest BCUT2D eigenvalue weighted by atomic mass is 35.5. The highest BCUT2D eigenvalue weighted by molar-refractivity contribution is 5.95. The third kappa shape index (κ3) is 4.10.